The molecule has 3 N–H and O–H groups in total. The van der Waals surface area contributed by atoms with Gasteiger partial charge in [-0.05, 0) is 19.4 Å². The van der Waals surface area contributed by atoms with E-state index in [4.69, 9.17) is 10.2 Å². The normalized spacial score (nSPS) is 18.7. The number of nitrogens with one attached hydrogen (secondary N) is 1. The first-order chi connectivity index (χ1) is 9.08. The Labute approximate surface area is 113 Å². The van der Waals surface area contributed by atoms with E-state index in [0.29, 0.717) is 32.6 Å². The first-order valence-corrected chi connectivity index (χ1v) is 6.70. The maximum absolute atomic E-state index is 12.0. The van der Waals surface area contributed by atoms with Crippen LogP contribution in [0.2, 0.25) is 0 Å². The highest BCUT2D eigenvalue weighted by atomic mass is 16.4. The molecule has 1 atom stereocenters. The van der Waals surface area contributed by atoms with E-state index in [-0.39, 0.29) is 12.6 Å². The van der Waals surface area contributed by atoms with Crippen molar-refractivity contribution < 1.29 is 19.8 Å². The van der Waals surface area contributed by atoms with Gasteiger partial charge in [-0.1, -0.05) is 6.92 Å². The van der Waals surface area contributed by atoms with Crippen molar-refractivity contribution in [2.75, 3.05) is 39.3 Å². The highest BCUT2D eigenvalue weighted by Crippen LogP contribution is 2.04. The summed E-state index contributed by atoms with van der Waals surface area (Å²) in [5.41, 5.74) is 0. The number of aliphatic hydroxyl groups is 1. The first-order valence-electron chi connectivity index (χ1n) is 6.70. The lowest BCUT2D eigenvalue weighted by molar-refractivity contribution is -0.139. The van der Waals surface area contributed by atoms with Crippen LogP contribution in [0.5, 0.6) is 0 Å². The highest BCUT2D eigenvalue weighted by Gasteiger charge is 2.23. The van der Waals surface area contributed by atoms with Crippen LogP contribution in [0, 0.1) is 0 Å². The molecule has 1 aliphatic heterocycles. The minimum atomic E-state index is -1.01. The molecular formula is C12H23N3O4. The minimum absolute atomic E-state index is 0.114. The minimum Gasteiger partial charge on any atom is -0.480 e. The maximum atomic E-state index is 12.0. The van der Waals surface area contributed by atoms with E-state index < -0.39 is 12.0 Å². The fourth-order valence-corrected chi connectivity index (χ4v) is 2.12. The van der Waals surface area contributed by atoms with Crippen LogP contribution >= 0.6 is 0 Å². The van der Waals surface area contributed by atoms with Crippen LogP contribution in [-0.4, -0.2) is 77.4 Å². The molecule has 1 rings (SSSR count). The molecule has 110 valence electrons. The Kier molecular flexibility index (Phi) is 6.58. The van der Waals surface area contributed by atoms with Crippen LogP contribution < -0.4 is 5.32 Å². The van der Waals surface area contributed by atoms with Crippen LogP contribution in [0.15, 0.2) is 0 Å². The Morgan fingerprint density at radius 2 is 2.00 bits per heavy atom. The van der Waals surface area contributed by atoms with Gasteiger partial charge in [-0.2, -0.15) is 0 Å². The molecule has 0 bridgehead atoms. The molecule has 2 amide bonds. The fourth-order valence-electron chi connectivity index (χ4n) is 2.12. The second-order valence-corrected chi connectivity index (χ2v) is 4.65. The van der Waals surface area contributed by atoms with Crippen molar-refractivity contribution in [2.24, 2.45) is 0 Å². The van der Waals surface area contributed by atoms with E-state index in [1.54, 1.807) is 11.8 Å². The predicted octanol–water partition coefficient (Wildman–Crippen LogP) is -0.441. The highest BCUT2D eigenvalue weighted by molar-refractivity contribution is 5.82. The number of hydrogen-bond acceptors (Lipinski definition) is 4. The van der Waals surface area contributed by atoms with E-state index in [1.807, 2.05) is 0 Å². The molecule has 1 fully saturated rings. The third kappa shape index (κ3) is 5.04. The molecule has 0 aromatic carbocycles. The summed E-state index contributed by atoms with van der Waals surface area (Å²) < 4.78 is 0. The number of hydrogen-bond donors (Lipinski definition) is 3. The molecule has 0 spiro atoms. The number of aliphatic carboxylic acids is 1. The van der Waals surface area contributed by atoms with Gasteiger partial charge in [-0.25, -0.2) is 9.59 Å². The second-order valence-electron chi connectivity index (χ2n) is 4.65. The van der Waals surface area contributed by atoms with Gasteiger partial charge in [0.1, 0.15) is 6.04 Å². The molecule has 1 saturated heterocycles. The van der Waals surface area contributed by atoms with Crippen LogP contribution in [0.1, 0.15) is 19.8 Å². The topological polar surface area (TPSA) is 93.1 Å². The number of β-amino-alcohol motifs (C(OH)–C–C–N with tert-alkyl or cyclic N) is 1. The number of nitrogens with zero attached hydrogens (tertiary/aromatic N) is 2. The Hall–Kier alpha value is -1.34. The Bertz CT molecular complexity index is 311. The maximum Gasteiger partial charge on any atom is 0.326 e. The summed E-state index contributed by atoms with van der Waals surface area (Å²) in [6.07, 6.45) is 1.20. The van der Waals surface area contributed by atoms with E-state index in [9.17, 15) is 9.59 Å². The molecule has 0 saturated carbocycles. The third-order valence-corrected chi connectivity index (χ3v) is 3.30. The molecule has 0 radical (unpaired) electrons. The molecule has 7 nitrogen and oxygen atoms in total. The van der Waals surface area contributed by atoms with Gasteiger partial charge in [0.25, 0.3) is 0 Å². The molecule has 0 aromatic heterocycles. The van der Waals surface area contributed by atoms with Crippen molar-refractivity contribution in [2.45, 2.75) is 25.8 Å². The summed E-state index contributed by atoms with van der Waals surface area (Å²) in [4.78, 5) is 26.6. The van der Waals surface area contributed by atoms with Gasteiger partial charge >= 0.3 is 12.0 Å². The molecule has 1 aliphatic rings. The van der Waals surface area contributed by atoms with Gasteiger partial charge in [0.05, 0.1) is 6.61 Å². The molecule has 0 aliphatic carbocycles. The molecule has 19 heavy (non-hydrogen) atoms. The largest absolute Gasteiger partial charge is 0.480 e. The van der Waals surface area contributed by atoms with Crippen molar-refractivity contribution >= 4 is 12.0 Å². The predicted molar refractivity (Wildman–Crippen MR) is 70.0 cm³/mol. The van der Waals surface area contributed by atoms with Crippen LogP contribution in [0.3, 0.4) is 0 Å². The van der Waals surface area contributed by atoms with E-state index in [0.717, 1.165) is 13.0 Å². The van der Waals surface area contributed by atoms with Gasteiger partial charge in [0.2, 0.25) is 0 Å². The first kappa shape index (κ1) is 15.7. The van der Waals surface area contributed by atoms with E-state index in [2.05, 4.69) is 10.2 Å². The smallest absolute Gasteiger partial charge is 0.326 e. The lowest BCUT2D eigenvalue weighted by atomic mass is 10.2. The number of urea groups is 1. The molecule has 0 unspecified atom stereocenters. The average molecular weight is 273 g/mol. The quantitative estimate of drug-likeness (QED) is 0.631. The monoisotopic (exact) mass is 273 g/mol. The number of aliphatic hydroxyl groups excluding tert-OH is 1. The van der Waals surface area contributed by atoms with Gasteiger partial charge < -0.3 is 20.4 Å². The van der Waals surface area contributed by atoms with E-state index >= 15 is 0 Å². The Balaban J connectivity index is 2.46. The molecule has 7 heteroatoms. The van der Waals surface area contributed by atoms with Crippen molar-refractivity contribution in [3.05, 3.63) is 0 Å². The third-order valence-electron chi connectivity index (χ3n) is 3.30. The van der Waals surface area contributed by atoms with Crippen LogP contribution in [-0.2, 0) is 4.79 Å². The Morgan fingerprint density at radius 1 is 1.26 bits per heavy atom. The SMILES string of the molecule is CC[C@H](NC(=O)N1CCCN(CCO)CC1)C(=O)O. The van der Waals surface area contributed by atoms with E-state index in [1.165, 1.54) is 0 Å². The van der Waals surface area contributed by atoms with Crippen molar-refractivity contribution in [1.29, 1.82) is 0 Å². The van der Waals surface area contributed by atoms with Crippen LogP contribution in [0.25, 0.3) is 0 Å². The standard InChI is InChI=1S/C12H23N3O4/c1-2-10(11(17)18)13-12(19)15-5-3-4-14(6-7-15)8-9-16/h10,16H,2-9H2,1H3,(H,13,19)(H,17,18)/t10-/m0/s1. The summed E-state index contributed by atoms with van der Waals surface area (Å²) >= 11 is 0. The number of carboxylic acids is 1. The van der Waals surface area contributed by atoms with Gasteiger partial charge in [0, 0.05) is 26.2 Å². The molecular weight excluding hydrogens is 250 g/mol. The number of carbonyl (C=O) groups is 2. The van der Waals surface area contributed by atoms with Gasteiger partial charge in [-0.3, -0.25) is 4.90 Å². The van der Waals surface area contributed by atoms with Crippen molar-refractivity contribution in [3.63, 3.8) is 0 Å². The lowest BCUT2D eigenvalue weighted by Gasteiger charge is -2.23. The summed E-state index contributed by atoms with van der Waals surface area (Å²) in [5, 5.41) is 20.3. The summed E-state index contributed by atoms with van der Waals surface area (Å²) in [6, 6.07) is -1.15. The number of amides is 2. The number of carboxylic acid groups (broad SMARTS) is 1. The zero-order chi connectivity index (χ0) is 14.3. The fraction of sp³-hybridized carbons (Fsp3) is 0.833. The number of rotatable bonds is 5. The summed E-state index contributed by atoms with van der Waals surface area (Å²) in [7, 11) is 0. The number of carbonyl (C=O) groups excluding carboxylic acids is 1. The average Bonchev–Trinajstić information content (AvgIpc) is 2.61. The Morgan fingerprint density at radius 3 is 2.58 bits per heavy atom. The van der Waals surface area contributed by atoms with Crippen molar-refractivity contribution in [1.82, 2.24) is 15.1 Å². The van der Waals surface area contributed by atoms with Gasteiger partial charge in [0.15, 0.2) is 0 Å². The molecule has 1 heterocycles. The lowest BCUT2D eigenvalue weighted by Crippen LogP contribution is -2.48. The van der Waals surface area contributed by atoms with Gasteiger partial charge in [-0.15, -0.1) is 0 Å². The molecule has 0 aromatic rings. The van der Waals surface area contributed by atoms with Crippen LogP contribution in [0.4, 0.5) is 4.79 Å². The zero-order valence-electron chi connectivity index (χ0n) is 11.3. The summed E-state index contributed by atoms with van der Waals surface area (Å²) in [6.45, 7) is 5.18. The summed E-state index contributed by atoms with van der Waals surface area (Å²) in [5.74, 6) is -1.01. The second kappa shape index (κ2) is 7.96. The van der Waals surface area contributed by atoms with Crippen molar-refractivity contribution in [3.8, 4) is 0 Å². The zero-order valence-corrected chi connectivity index (χ0v) is 11.3.